The molecule has 0 spiro atoms. The molecular formula is C17H25N5O. The molecule has 0 atom stereocenters. The zero-order valence-corrected chi connectivity index (χ0v) is 14.4. The van der Waals surface area contributed by atoms with E-state index < -0.39 is 0 Å². The smallest absolute Gasteiger partial charge is 0.229 e. The maximum Gasteiger partial charge on any atom is 0.229 e. The van der Waals surface area contributed by atoms with Crippen LogP contribution in [0.2, 0.25) is 0 Å². The molecular weight excluding hydrogens is 290 g/mol. The predicted octanol–water partition coefficient (Wildman–Crippen LogP) is 3.49. The van der Waals surface area contributed by atoms with E-state index in [9.17, 15) is 0 Å². The van der Waals surface area contributed by atoms with Gasteiger partial charge in [0.05, 0.1) is 5.69 Å². The van der Waals surface area contributed by atoms with Gasteiger partial charge in [0.2, 0.25) is 5.89 Å². The Hall–Kier alpha value is -1.98. The van der Waals surface area contributed by atoms with Crippen molar-refractivity contribution >= 4 is 5.82 Å². The Morgan fingerprint density at radius 3 is 2.35 bits per heavy atom. The number of anilines is 1. The van der Waals surface area contributed by atoms with Gasteiger partial charge in [-0.3, -0.25) is 4.98 Å². The lowest BCUT2D eigenvalue weighted by Gasteiger charge is -2.32. The number of piperidine rings is 1. The van der Waals surface area contributed by atoms with E-state index in [0.29, 0.717) is 11.8 Å². The topological polar surface area (TPSA) is 67.9 Å². The first-order valence-electron chi connectivity index (χ1n) is 8.45. The molecule has 2 aromatic rings. The van der Waals surface area contributed by atoms with Crippen molar-refractivity contribution in [3.05, 3.63) is 29.8 Å². The van der Waals surface area contributed by atoms with E-state index >= 15 is 0 Å². The van der Waals surface area contributed by atoms with Crippen molar-refractivity contribution in [2.24, 2.45) is 0 Å². The van der Waals surface area contributed by atoms with Gasteiger partial charge in [0.1, 0.15) is 0 Å². The van der Waals surface area contributed by atoms with Crippen LogP contribution in [0.1, 0.15) is 75.7 Å². The summed E-state index contributed by atoms with van der Waals surface area (Å²) in [5.74, 6) is 3.65. The maximum atomic E-state index is 5.34. The van der Waals surface area contributed by atoms with Crippen LogP contribution in [0.25, 0.3) is 0 Å². The highest BCUT2D eigenvalue weighted by atomic mass is 16.5. The van der Waals surface area contributed by atoms with Crippen LogP contribution >= 0.6 is 0 Å². The van der Waals surface area contributed by atoms with Gasteiger partial charge in [-0.05, 0) is 18.8 Å². The molecule has 0 N–H and O–H groups in total. The summed E-state index contributed by atoms with van der Waals surface area (Å²) >= 11 is 0. The third kappa shape index (κ3) is 3.35. The SMILES string of the molecule is CC(C)c1nc(C2CCN(c3nccnc3C(C)C)CC2)no1. The first kappa shape index (κ1) is 15.9. The van der Waals surface area contributed by atoms with Crippen LogP contribution in [0.4, 0.5) is 5.82 Å². The molecule has 3 rings (SSSR count). The van der Waals surface area contributed by atoms with Crippen LogP contribution in [0, 0.1) is 0 Å². The highest BCUT2D eigenvalue weighted by molar-refractivity contribution is 5.45. The lowest BCUT2D eigenvalue weighted by molar-refractivity contribution is 0.353. The highest BCUT2D eigenvalue weighted by Crippen LogP contribution is 2.31. The molecule has 0 amide bonds. The van der Waals surface area contributed by atoms with E-state index in [1.807, 2.05) is 0 Å². The fourth-order valence-electron chi connectivity index (χ4n) is 2.99. The molecule has 3 heterocycles. The molecule has 2 aromatic heterocycles. The second-order valence-corrected chi connectivity index (χ2v) is 6.83. The van der Waals surface area contributed by atoms with Crippen molar-refractivity contribution in [3.8, 4) is 0 Å². The second-order valence-electron chi connectivity index (χ2n) is 6.83. The van der Waals surface area contributed by atoms with Crippen molar-refractivity contribution in [2.45, 2.75) is 58.3 Å². The molecule has 1 saturated heterocycles. The van der Waals surface area contributed by atoms with Crippen LogP contribution < -0.4 is 4.90 Å². The van der Waals surface area contributed by atoms with Crippen molar-refractivity contribution in [1.82, 2.24) is 20.1 Å². The zero-order valence-electron chi connectivity index (χ0n) is 14.4. The fourth-order valence-corrected chi connectivity index (χ4v) is 2.99. The van der Waals surface area contributed by atoms with Gasteiger partial charge in [-0.25, -0.2) is 4.98 Å². The molecule has 0 radical (unpaired) electrons. The van der Waals surface area contributed by atoms with E-state index in [1.165, 1.54) is 0 Å². The first-order chi connectivity index (χ1) is 11.1. The summed E-state index contributed by atoms with van der Waals surface area (Å²) in [6, 6.07) is 0. The maximum absolute atomic E-state index is 5.34. The predicted molar refractivity (Wildman–Crippen MR) is 88.7 cm³/mol. The van der Waals surface area contributed by atoms with Gasteiger partial charge in [0.15, 0.2) is 11.6 Å². The molecule has 124 valence electrons. The Morgan fingerprint density at radius 1 is 1.04 bits per heavy atom. The quantitative estimate of drug-likeness (QED) is 0.860. The Balaban J connectivity index is 1.69. The zero-order chi connectivity index (χ0) is 16.4. The Bertz CT molecular complexity index is 644. The molecule has 0 aliphatic carbocycles. The molecule has 1 fully saturated rings. The molecule has 0 aromatic carbocycles. The monoisotopic (exact) mass is 315 g/mol. The minimum atomic E-state index is 0.282. The lowest BCUT2D eigenvalue weighted by atomic mass is 9.95. The van der Waals surface area contributed by atoms with Gasteiger partial charge in [-0.1, -0.05) is 32.9 Å². The average molecular weight is 315 g/mol. The summed E-state index contributed by atoms with van der Waals surface area (Å²) in [5.41, 5.74) is 1.08. The van der Waals surface area contributed by atoms with E-state index in [1.54, 1.807) is 12.4 Å². The number of rotatable bonds is 4. The molecule has 6 heteroatoms. The van der Waals surface area contributed by atoms with Gasteiger partial charge in [0, 0.05) is 37.3 Å². The summed E-state index contributed by atoms with van der Waals surface area (Å²) in [6.45, 7) is 10.4. The summed E-state index contributed by atoms with van der Waals surface area (Å²) in [7, 11) is 0. The Kier molecular flexibility index (Phi) is 4.59. The standard InChI is InChI=1S/C17H25N5O/c1-11(2)14-16(19-8-7-18-14)22-9-5-13(6-10-22)15-20-17(12(3)4)23-21-15/h7-8,11-13H,5-6,9-10H2,1-4H3. The third-order valence-corrected chi connectivity index (χ3v) is 4.36. The van der Waals surface area contributed by atoms with Gasteiger partial charge < -0.3 is 9.42 Å². The molecule has 0 unspecified atom stereocenters. The molecule has 0 bridgehead atoms. The van der Waals surface area contributed by atoms with Crippen molar-refractivity contribution in [2.75, 3.05) is 18.0 Å². The van der Waals surface area contributed by atoms with Crippen molar-refractivity contribution in [3.63, 3.8) is 0 Å². The fraction of sp³-hybridized carbons (Fsp3) is 0.647. The van der Waals surface area contributed by atoms with E-state index in [-0.39, 0.29) is 5.92 Å². The van der Waals surface area contributed by atoms with Crippen LogP contribution in [0.3, 0.4) is 0 Å². The molecule has 0 saturated carbocycles. The molecule has 1 aliphatic heterocycles. The summed E-state index contributed by atoms with van der Waals surface area (Å²) in [5, 5.41) is 4.17. The minimum Gasteiger partial charge on any atom is -0.355 e. The molecule has 1 aliphatic rings. The first-order valence-corrected chi connectivity index (χ1v) is 8.45. The van der Waals surface area contributed by atoms with Gasteiger partial charge in [-0.15, -0.1) is 0 Å². The van der Waals surface area contributed by atoms with E-state index in [4.69, 9.17) is 4.52 Å². The third-order valence-electron chi connectivity index (χ3n) is 4.36. The summed E-state index contributed by atoms with van der Waals surface area (Å²) in [4.78, 5) is 16.0. The van der Waals surface area contributed by atoms with Crippen LogP contribution in [-0.4, -0.2) is 33.2 Å². The van der Waals surface area contributed by atoms with E-state index in [0.717, 1.165) is 49.2 Å². The van der Waals surface area contributed by atoms with Crippen molar-refractivity contribution < 1.29 is 4.52 Å². The van der Waals surface area contributed by atoms with Crippen molar-refractivity contribution in [1.29, 1.82) is 0 Å². The number of hydrogen-bond acceptors (Lipinski definition) is 6. The van der Waals surface area contributed by atoms with Crippen LogP contribution in [-0.2, 0) is 0 Å². The molecule has 23 heavy (non-hydrogen) atoms. The molecule has 6 nitrogen and oxygen atoms in total. The summed E-state index contributed by atoms with van der Waals surface area (Å²) < 4.78 is 5.34. The van der Waals surface area contributed by atoms with E-state index in [2.05, 4.69) is 52.7 Å². The lowest BCUT2D eigenvalue weighted by Crippen LogP contribution is -2.34. The number of nitrogens with zero attached hydrogens (tertiary/aromatic N) is 5. The Morgan fingerprint density at radius 2 is 1.74 bits per heavy atom. The highest BCUT2D eigenvalue weighted by Gasteiger charge is 2.27. The number of aromatic nitrogens is 4. The van der Waals surface area contributed by atoms with Gasteiger partial charge in [-0.2, -0.15) is 4.98 Å². The number of hydrogen-bond donors (Lipinski definition) is 0. The minimum absolute atomic E-state index is 0.282. The average Bonchev–Trinajstić information content (AvgIpc) is 3.05. The van der Waals surface area contributed by atoms with Gasteiger partial charge >= 0.3 is 0 Å². The second kappa shape index (κ2) is 6.64. The Labute approximate surface area is 137 Å². The van der Waals surface area contributed by atoms with Crippen LogP contribution in [0.15, 0.2) is 16.9 Å². The van der Waals surface area contributed by atoms with Crippen LogP contribution in [0.5, 0.6) is 0 Å². The van der Waals surface area contributed by atoms with Gasteiger partial charge in [0.25, 0.3) is 0 Å². The largest absolute Gasteiger partial charge is 0.355 e. The normalized spacial score (nSPS) is 16.5. The summed E-state index contributed by atoms with van der Waals surface area (Å²) in [6.07, 6.45) is 5.59.